The highest BCUT2D eigenvalue weighted by Gasteiger charge is 2.32. The molecule has 1 heterocycles. The van der Waals surface area contributed by atoms with Crippen molar-refractivity contribution in [1.82, 2.24) is 0 Å². The molecule has 17 heavy (non-hydrogen) atoms. The molecule has 2 rings (SSSR count). The molecule has 0 saturated heterocycles. The van der Waals surface area contributed by atoms with E-state index in [1.54, 1.807) is 19.1 Å². The summed E-state index contributed by atoms with van der Waals surface area (Å²) in [5.41, 5.74) is 1.40. The first-order valence-electron chi connectivity index (χ1n) is 5.42. The second-order valence-corrected chi connectivity index (χ2v) is 6.54. The highest BCUT2D eigenvalue weighted by atomic mass is 32.2. The van der Waals surface area contributed by atoms with Gasteiger partial charge in [0.2, 0.25) is 0 Å². The van der Waals surface area contributed by atoms with Gasteiger partial charge in [0.05, 0.1) is 16.6 Å². The zero-order valence-electron chi connectivity index (χ0n) is 9.67. The lowest BCUT2D eigenvalue weighted by Gasteiger charge is -2.09. The molecule has 0 spiro atoms. The van der Waals surface area contributed by atoms with Gasteiger partial charge in [-0.2, -0.15) is 0 Å². The quantitative estimate of drug-likeness (QED) is 0.873. The van der Waals surface area contributed by atoms with E-state index in [0.717, 1.165) is 5.56 Å². The fourth-order valence-corrected chi connectivity index (χ4v) is 4.07. The van der Waals surface area contributed by atoms with Gasteiger partial charge in [-0.3, -0.25) is 4.79 Å². The fraction of sp³-hybridized carbons (Fsp3) is 0.417. The largest absolute Gasteiger partial charge is 0.481 e. The number of hydrogen-bond donors (Lipinski definition) is 1. The minimum absolute atomic E-state index is 0.0593. The van der Waals surface area contributed by atoms with Crippen molar-refractivity contribution >= 4 is 15.8 Å². The van der Waals surface area contributed by atoms with Crippen molar-refractivity contribution in [1.29, 1.82) is 0 Å². The van der Waals surface area contributed by atoms with Gasteiger partial charge in [0.15, 0.2) is 9.84 Å². The summed E-state index contributed by atoms with van der Waals surface area (Å²) in [7, 11) is -3.16. The van der Waals surface area contributed by atoms with E-state index in [2.05, 4.69) is 0 Å². The van der Waals surface area contributed by atoms with Crippen molar-refractivity contribution in [2.24, 2.45) is 0 Å². The Morgan fingerprint density at radius 3 is 2.71 bits per heavy atom. The van der Waals surface area contributed by atoms with Gasteiger partial charge in [0.25, 0.3) is 0 Å². The van der Waals surface area contributed by atoms with Crippen molar-refractivity contribution in [2.75, 3.05) is 5.75 Å². The van der Waals surface area contributed by atoms with Crippen LogP contribution in [-0.2, 0) is 14.6 Å². The molecule has 2 unspecified atom stereocenters. The molecule has 1 aromatic rings. The van der Waals surface area contributed by atoms with Crippen molar-refractivity contribution < 1.29 is 18.3 Å². The summed E-state index contributed by atoms with van der Waals surface area (Å²) in [4.78, 5) is 11.2. The van der Waals surface area contributed by atoms with Crippen molar-refractivity contribution in [2.45, 2.75) is 30.6 Å². The predicted molar refractivity (Wildman–Crippen MR) is 63.0 cm³/mol. The lowest BCUT2D eigenvalue weighted by Crippen LogP contribution is -2.08. The van der Waals surface area contributed by atoms with E-state index in [0.29, 0.717) is 10.5 Å². The number of carboxylic acid groups (broad SMARTS) is 1. The van der Waals surface area contributed by atoms with E-state index in [4.69, 9.17) is 5.11 Å². The van der Waals surface area contributed by atoms with Gasteiger partial charge in [0.1, 0.15) is 0 Å². The Kier molecular flexibility index (Phi) is 2.73. The maximum absolute atomic E-state index is 11.8. The van der Waals surface area contributed by atoms with Crippen LogP contribution in [-0.4, -0.2) is 25.2 Å². The summed E-state index contributed by atoms with van der Waals surface area (Å²) in [5, 5.41) is 8.93. The van der Waals surface area contributed by atoms with Crippen LogP contribution >= 0.6 is 0 Å². The van der Waals surface area contributed by atoms with E-state index in [-0.39, 0.29) is 11.7 Å². The Balaban J connectivity index is 2.53. The van der Waals surface area contributed by atoms with E-state index in [1.807, 2.05) is 6.92 Å². The first-order valence-corrected chi connectivity index (χ1v) is 7.07. The summed E-state index contributed by atoms with van der Waals surface area (Å²) in [6.07, 6.45) is 0. The number of carbonyl (C=O) groups is 1. The summed E-state index contributed by atoms with van der Waals surface area (Å²) >= 11 is 0. The molecule has 0 aromatic heterocycles. The van der Waals surface area contributed by atoms with Crippen LogP contribution in [0, 0.1) is 0 Å². The lowest BCUT2D eigenvalue weighted by atomic mass is 9.95. The molecule has 0 aliphatic carbocycles. The summed E-state index contributed by atoms with van der Waals surface area (Å²) in [6.45, 7) is 3.44. The Labute approximate surface area is 100 Å². The summed E-state index contributed by atoms with van der Waals surface area (Å²) in [5.74, 6) is -1.46. The SMILES string of the molecule is CC1CS(=O)(=O)c2ccc(C(C)C(=O)O)cc21. The van der Waals surface area contributed by atoms with Crippen LogP contribution in [0.5, 0.6) is 0 Å². The highest BCUT2D eigenvalue weighted by Crippen LogP contribution is 2.36. The number of sulfone groups is 1. The minimum atomic E-state index is -3.16. The molecule has 0 saturated carbocycles. The van der Waals surface area contributed by atoms with Crippen LogP contribution in [0.4, 0.5) is 0 Å². The van der Waals surface area contributed by atoms with E-state index in [1.165, 1.54) is 6.07 Å². The topological polar surface area (TPSA) is 71.4 Å². The van der Waals surface area contributed by atoms with Gasteiger partial charge in [-0.05, 0) is 30.0 Å². The average molecular weight is 254 g/mol. The third kappa shape index (κ3) is 1.95. The molecule has 2 atom stereocenters. The van der Waals surface area contributed by atoms with E-state index >= 15 is 0 Å². The summed E-state index contributed by atoms with van der Waals surface area (Å²) < 4.78 is 23.5. The number of aliphatic carboxylic acids is 1. The van der Waals surface area contributed by atoms with Gasteiger partial charge in [-0.1, -0.05) is 19.1 Å². The van der Waals surface area contributed by atoms with Crippen LogP contribution in [0.15, 0.2) is 23.1 Å². The third-order valence-corrected chi connectivity index (χ3v) is 5.22. The summed E-state index contributed by atoms with van der Waals surface area (Å²) in [6, 6.07) is 4.83. The molecule has 4 nitrogen and oxygen atoms in total. The van der Waals surface area contributed by atoms with Crippen LogP contribution in [0.1, 0.15) is 36.8 Å². The molecule has 1 aliphatic rings. The van der Waals surface area contributed by atoms with Gasteiger partial charge in [-0.15, -0.1) is 0 Å². The Morgan fingerprint density at radius 1 is 1.47 bits per heavy atom. The van der Waals surface area contributed by atoms with Crippen LogP contribution < -0.4 is 0 Å². The Hall–Kier alpha value is -1.36. The average Bonchev–Trinajstić information content (AvgIpc) is 2.48. The first kappa shape index (κ1) is 12.1. The maximum atomic E-state index is 11.8. The lowest BCUT2D eigenvalue weighted by molar-refractivity contribution is -0.138. The number of hydrogen-bond acceptors (Lipinski definition) is 3. The second kappa shape index (κ2) is 3.84. The van der Waals surface area contributed by atoms with Gasteiger partial charge in [0, 0.05) is 0 Å². The molecular weight excluding hydrogens is 240 g/mol. The van der Waals surface area contributed by atoms with E-state index < -0.39 is 21.7 Å². The first-order chi connectivity index (χ1) is 7.83. The van der Waals surface area contributed by atoms with Crippen molar-refractivity contribution in [3.05, 3.63) is 29.3 Å². The molecule has 0 amide bonds. The molecule has 1 aromatic carbocycles. The zero-order valence-corrected chi connectivity index (χ0v) is 10.5. The fourth-order valence-electron chi connectivity index (χ4n) is 2.16. The molecule has 0 bridgehead atoms. The van der Waals surface area contributed by atoms with Gasteiger partial charge >= 0.3 is 5.97 Å². The number of rotatable bonds is 2. The second-order valence-electron chi connectivity index (χ2n) is 4.54. The molecule has 92 valence electrons. The molecule has 5 heteroatoms. The Bertz CT molecular complexity index is 574. The molecule has 0 fully saturated rings. The van der Waals surface area contributed by atoms with Crippen LogP contribution in [0.25, 0.3) is 0 Å². The number of benzene rings is 1. The predicted octanol–water partition coefficient (Wildman–Crippen LogP) is 1.77. The van der Waals surface area contributed by atoms with E-state index in [9.17, 15) is 13.2 Å². The number of carboxylic acids is 1. The monoisotopic (exact) mass is 254 g/mol. The molecule has 1 N–H and O–H groups in total. The van der Waals surface area contributed by atoms with Gasteiger partial charge < -0.3 is 5.11 Å². The maximum Gasteiger partial charge on any atom is 0.310 e. The van der Waals surface area contributed by atoms with Crippen molar-refractivity contribution in [3.63, 3.8) is 0 Å². The highest BCUT2D eigenvalue weighted by molar-refractivity contribution is 7.91. The minimum Gasteiger partial charge on any atom is -0.481 e. The molecule has 1 aliphatic heterocycles. The third-order valence-electron chi connectivity index (χ3n) is 3.24. The molecular formula is C12H14O4S. The van der Waals surface area contributed by atoms with Crippen LogP contribution in [0.3, 0.4) is 0 Å². The van der Waals surface area contributed by atoms with Crippen LogP contribution in [0.2, 0.25) is 0 Å². The smallest absolute Gasteiger partial charge is 0.310 e. The molecule has 0 radical (unpaired) electrons. The Morgan fingerprint density at radius 2 is 2.12 bits per heavy atom. The standard InChI is InChI=1S/C12H14O4S/c1-7-6-17(15,16)11-4-3-9(5-10(7)11)8(2)12(13)14/h3-5,7-8H,6H2,1-2H3,(H,13,14). The van der Waals surface area contributed by atoms with Gasteiger partial charge in [-0.25, -0.2) is 8.42 Å². The van der Waals surface area contributed by atoms with Crippen molar-refractivity contribution in [3.8, 4) is 0 Å². The zero-order chi connectivity index (χ0) is 12.8. The normalized spacial score (nSPS) is 23.1. The number of fused-ring (bicyclic) bond motifs is 1.